The first kappa shape index (κ1) is 9.87. The second-order valence-corrected chi connectivity index (χ2v) is 4.67. The largest absolute Gasteiger partial charge is 0.392 e. The number of anilines is 1. The zero-order valence-corrected chi connectivity index (χ0v) is 8.89. The van der Waals surface area contributed by atoms with Crippen molar-refractivity contribution >= 4 is 17.4 Å². The van der Waals surface area contributed by atoms with Gasteiger partial charge in [-0.1, -0.05) is 18.2 Å². The molecule has 0 unspecified atom stereocenters. The maximum Gasteiger partial charge on any atom is 0.0701 e. The van der Waals surface area contributed by atoms with E-state index < -0.39 is 0 Å². The van der Waals surface area contributed by atoms with E-state index in [0.717, 1.165) is 11.3 Å². The standard InChI is InChI=1S/C11H15NOS/c13-7-9-3-1-2-4-11(9)12-10-5-6-14-8-10/h1-4,10,12-13H,5-8H2/t10-/m0/s1. The number of rotatable bonds is 3. The van der Waals surface area contributed by atoms with Gasteiger partial charge in [0.25, 0.3) is 0 Å². The van der Waals surface area contributed by atoms with Crippen molar-refractivity contribution in [2.24, 2.45) is 0 Å². The van der Waals surface area contributed by atoms with E-state index >= 15 is 0 Å². The molecule has 14 heavy (non-hydrogen) atoms. The molecule has 1 saturated heterocycles. The Labute approximate surface area is 88.7 Å². The molecule has 1 aliphatic rings. The minimum atomic E-state index is 0.114. The van der Waals surface area contributed by atoms with Gasteiger partial charge in [-0.15, -0.1) is 0 Å². The van der Waals surface area contributed by atoms with Crippen molar-refractivity contribution in [2.45, 2.75) is 19.1 Å². The van der Waals surface area contributed by atoms with Crippen LogP contribution in [0.5, 0.6) is 0 Å². The number of thioether (sulfide) groups is 1. The molecule has 0 spiro atoms. The average molecular weight is 209 g/mol. The fourth-order valence-corrected chi connectivity index (χ4v) is 2.82. The zero-order chi connectivity index (χ0) is 9.80. The summed E-state index contributed by atoms with van der Waals surface area (Å²) in [6.45, 7) is 0.114. The summed E-state index contributed by atoms with van der Waals surface area (Å²) in [5, 5.41) is 12.6. The number of para-hydroxylation sites is 1. The number of aliphatic hydroxyl groups is 1. The molecule has 76 valence electrons. The summed E-state index contributed by atoms with van der Waals surface area (Å²) in [6.07, 6.45) is 1.23. The maximum atomic E-state index is 9.15. The topological polar surface area (TPSA) is 32.3 Å². The molecule has 1 fully saturated rings. The van der Waals surface area contributed by atoms with Gasteiger partial charge in [0.2, 0.25) is 0 Å². The fraction of sp³-hybridized carbons (Fsp3) is 0.455. The predicted octanol–water partition coefficient (Wildman–Crippen LogP) is 2.10. The van der Waals surface area contributed by atoms with E-state index in [9.17, 15) is 0 Å². The molecule has 0 amide bonds. The smallest absolute Gasteiger partial charge is 0.0701 e. The van der Waals surface area contributed by atoms with Gasteiger partial charge in [-0.3, -0.25) is 0 Å². The number of aliphatic hydroxyl groups excluding tert-OH is 1. The Morgan fingerprint density at radius 3 is 3.00 bits per heavy atom. The highest BCUT2D eigenvalue weighted by Crippen LogP contribution is 2.23. The lowest BCUT2D eigenvalue weighted by molar-refractivity contribution is 0.282. The van der Waals surface area contributed by atoms with E-state index in [0.29, 0.717) is 6.04 Å². The van der Waals surface area contributed by atoms with Gasteiger partial charge in [-0.2, -0.15) is 11.8 Å². The van der Waals surface area contributed by atoms with Crippen LogP contribution in [0.3, 0.4) is 0 Å². The molecule has 1 aliphatic heterocycles. The third kappa shape index (κ3) is 2.22. The normalized spacial score (nSPS) is 21.1. The molecule has 1 aromatic carbocycles. The van der Waals surface area contributed by atoms with Crippen LogP contribution >= 0.6 is 11.8 Å². The van der Waals surface area contributed by atoms with Crippen molar-refractivity contribution in [3.63, 3.8) is 0 Å². The van der Waals surface area contributed by atoms with Crippen LogP contribution in [0.1, 0.15) is 12.0 Å². The number of benzene rings is 1. The Morgan fingerprint density at radius 2 is 2.29 bits per heavy atom. The summed E-state index contributed by atoms with van der Waals surface area (Å²) in [6, 6.07) is 8.54. The molecular formula is C11H15NOS. The first-order valence-corrected chi connectivity index (χ1v) is 6.08. The third-order valence-corrected chi connectivity index (χ3v) is 3.64. The maximum absolute atomic E-state index is 9.15. The van der Waals surface area contributed by atoms with Crippen LogP contribution in [0.25, 0.3) is 0 Å². The Morgan fingerprint density at radius 1 is 1.43 bits per heavy atom. The lowest BCUT2D eigenvalue weighted by Gasteiger charge is -2.15. The molecular weight excluding hydrogens is 194 g/mol. The van der Waals surface area contributed by atoms with Crippen LogP contribution in [0.15, 0.2) is 24.3 Å². The van der Waals surface area contributed by atoms with E-state index in [4.69, 9.17) is 5.11 Å². The Kier molecular flexibility index (Phi) is 3.32. The fourth-order valence-electron chi connectivity index (χ4n) is 1.67. The summed E-state index contributed by atoms with van der Waals surface area (Å²) in [4.78, 5) is 0. The highest BCUT2D eigenvalue weighted by atomic mass is 32.2. The molecule has 0 aromatic heterocycles. The molecule has 0 saturated carbocycles. The number of nitrogens with one attached hydrogen (secondary N) is 1. The third-order valence-electron chi connectivity index (χ3n) is 2.48. The van der Waals surface area contributed by atoms with E-state index in [1.807, 2.05) is 36.0 Å². The van der Waals surface area contributed by atoms with Crippen molar-refractivity contribution < 1.29 is 5.11 Å². The van der Waals surface area contributed by atoms with Crippen LogP contribution in [-0.2, 0) is 6.61 Å². The van der Waals surface area contributed by atoms with Crippen molar-refractivity contribution in [3.8, 4) is 0 Å². The summed E-state index contributed by atoms with van der Waals surface area (Å²) >= 11 is 1.99. The molecule has 2 rings (SSSR count). The second kappa shape index (κ2) is 4.71. The monoisotopic (exact) mass is 209 g/mol. The Hall–Kier alpha value is -0.670. The molecule has 1 aromatic rings. The van der Waals surface area contributed by atoms with Crippen molar-refractivity contribution in [2.75, 3.05) is 16.8 Å². The second-order valence-electron chi connectivity index (χ2n) is 3.52. The summed E-state index contributed by atoms with van der Waals surface area (Å²) in [5.41, 5.74) is 2.08. The molecule has 2 nitrogen and oxygen atoms in total. The lowest BCUT2D eigenvalue weighted by Crippen LogP contribution is -2.18. The van der Waals surface area contributed by atoms with Gasteiger partial charge in [0.1, 0.15) is 0 Å². The van der Waals surface area contributed by atoms with Gasteiger partial charge in [0.05, 0.1) is 6.61 Å². The first-order valence-electron chi connectivity index (χ1n) is 4.93. The van der Waals surface area contributed by atoms with Crippen molar-refractivity contribution in [1.29, 1.82) is 0 Å². The van der Waals surface area contributed by atoms with Gasteiger partial charge in [-0.25, -0.2) is 0 Å². The van der Waals surface area contributed by atoms with Gasteiger partial charge in [0.15, 0.2) is 0 Å². The Bertz CT molecular complexity index is 297. The van der Waals surface area contributed by atoms with Crippen molar-refractivity contribution in [3.05, 3.63) is 29.8 Å². The first-order chi connectivity index (χ1) is 6.90. The lowest BCUT2D eigenvalue weighted by atomic mass is 10.1. The van der Waals surface area contributed by atoms with Crippen LogP contribution in [0.2, 0.25) is 0 Å². The van der Waals surface area contributed by atoms with Gasteiger partial charge in [0, 0.05) is 23.0 Å². The van der Waals surface area contributed by atoms with E-state index in [1.54, 1.807) is 0 Å². The summed E-state index contributed by atoms with van der Waals surface area (Å²) < 4.78 is 0. The molecule has 0 bridgehead atoms. The number of hydrogen-bond donors (Lipinski definition) is 2. The molecule has 0 radical (unpaired) electrons. The van der Waals surface area contributed by atoms with Crippen LogP contribution in [0, 0.1) is 0 Å². The molecule has 1 heterocycles. The molecule has 1 atom stereocenters. The Balaban J connectivity index is 2.07. The van der Waals surface area contributed by atoms with Gasteiger partial charge < -0.3 is 10.4 Å². The SMILES string of the molecule is OCc1ccccc1N[C@H]1CCSC1. The predicted molar refractivity (Wildman–Crippen MR) is 61.7 cm³/mol. The van der Waals surface area contributed by atoms with Crippen molar-refractivity contribution in [1.82, 2.24) is 0 Å². The van der Waals surface area contributed by atoms with E-state index in [1.165, 1.54) is 17.9 Å². The van der Waals surface area contributed by atoms with Crippen LogP contribution < -0.4 is 5.32 Å². The van der Waals surface area contributed by atoms with E-state index in [2.05, 4.69) is 5.32 Å². The van der Waals surface area contributed by atoms with Gasteiger partial charge in [-0.05, 0) is 18.2 Å². The summed E-state index contributed by atoms with van der Waals surface area (Å²) in [7, 11) is 0. The minimum Gasteiger partial charge on any atom is -0.392 e. The summed E-state index contributed by atoms with van der Waals surface area (Å²) in [5.74, 6) is 2.43. The van der Waals surface area contributed by atoms with Gasteiger partial charge >= 0.3 is 0 Å². The number of hydrogen-bond acceptors (Lipinski definition) is 3. The quantitative estimate of drug-likeness (QED) is 0.799. The zero-order valence-electron chi connectivity index (χ0n) is 8.07. The average Bonchev–Trinajstić information content (AvgIpc) is 2.71. The van der Waals surface area contributed by atoms with E-state index in [-0.39, 0.29) is 6.61 Å². The molecule has 3 heteroatoms. The highest BCUT2D eigenvalue weighted by molar-refractivity contribution is 7.99. The molecule has 2 N–H and O–H groups in total. The van der Waals surface area contributed by atoms with Crippen LogP contribution in [0.4, 0.5) is 5.69 Å². The highest BCUT2D eigenvalue weighted by Gasteiger charge is 2.15. The minimum absolute atomic E-state index is 0.114. The van der Waals surface area contributed by atoms with Crippen LogP contribution in [-0.4, -0.2) is 22.7 Å². The molecule has 0 aliphatic carbocycles.